The number of amides is 1. The number of ether oxygens (including phenoxy) is 1. The average molecular weight is 366 g/mol. The summed E-state index contributed by atoms with van der Waals surface area (Å²) in [5.74, 6) is 0.721. The van der Waals surface area contributed by atoms with Crippen molar-refractivity contribution in [2.75, 3.05) is 6.54 Å². The van der Waals surface area contributed by atoms with Crippen molar-refractivity contribution in [3.05, 3.63) is 70.9 Å². The average Bonchev–Trinajstić information content (AvgIpc) is 2.89. The zero-order valence-corrected chi connectivity index (χ0v) is 15.8. The monoisotopic (exact) mass is 366 g/mol. The molecule has 134 valence electrons. The molecule has 0 radical (unpaired) electrons. The molecule has 1 saturated heterocycles. The van der Waals surface area contributed by atoms with Crippen molar-refractivity contribution in [3.8, 4) is 5.75 Å². The lowest BCUT2D eigenvalue weighted by Gasteiger charge is -2.11. The molecule has 0 atom stereocenters. The second kappa shape index (κ2) is 8.15. The second-order valence-corrected chi connectivity index (χ2v) is 6.68. The maximum Gasteiger partial charge on any atom is 0.276 e. The van der Waals surface area contributed by atoms with Crippen LogP contribution in [0.4, 0.5) is 0 Å². The highest BCUT2D eigenvalue weighted by atomic mass is 32.1. The molecule has 3 rings (SSSR count). The lowest BCUT2D eigenvalue weighted by Crippen LogP contribution is -2.31. The summed E-state index contributed by atoms with van der Waals surface area (Å²) in [4.78, 5) is 13.9. The third kappa shape index (κ3) is 4.29. The Kier molecular flexibility index (Phi) is 5.68. The van der Waals surface area contributed by atoms with E-state index in [-0.39, 0.29) is 5.91 Å². The van der Waals surface area contributed by atoms with Crippen LogP contribution >= 0.6 is 12.2 Å². The Balaban J connectivity index is 1.64. The third-order valence-corrected chi connectivity index (χ3v) is 4.41. The molecule has 0 saturated carbocycles. The maximum atomic E-state index is 12.3. The Morgan fingerprint density at radius 3 is 2.65 bits per heavy atom. The van der Waals surface area contributed by atoms with Gasteiger partial charge in [-0.3, -0.25) is 9.69 Å². The lowest BCUT2D eigenvalue weighted by molar-refractivity contribution is -0.122. The number of thiocarbonyl (C=S) groups is 1. The van der Waals surface area contributed by atoms with E-state index in [9.17, 15) is 4.79 Å². The SMILES string of the molecule is CCCN1C(=O)/C(=C/c2ccc(OCc3cccc(C)c3)cc2)NC1=S. The summed E-state index contributed by atoms with van der Waals surface area (Å²) in [5.41, 5.74) is 3.79. The summed E-state index contributed by atoms with van der Waals surface area (Å²) in [6.07, 6.45) is 2.68. The first kappa shape index (κ1) is 18.1. The molecule has 1 aliphatic rings. The largest absolute Gasteiger partial charge is 0.489 e. The van der Waals surface area contributed by atoms with Gasteiger partial charge in [0.15, 0.2) is 5.11 Å². The molecule has 0 unspecified atom stereocenters. The Labute approximate surface area is 159 Å². The van der Waals surface area contributed by atoms with E-state index < -0.39 is 0 Å². The van der Waals surface area contributed by atoms with Gasteiger partial charge in [0.1, 0.15) is 18.1 Å². The molecule has 0 aliphatic carbocycles. The number of carbonyl (C=O) groups excluding carboxylic acids is 1. The van der Waals surface area contributed by atoms with Crippen LogP contribution in [-0.2, 0) is 11.4 Å². The van der Waals surface area contributed by atoms with Gasteiger partial charge in [-0.15, -0.1) is 0 Å². The summed E-state index contributed by atoms with van der Waals surface area (Å²) in [7, 11) is 0. The molecule has 1 heterocycles. The molecule has 1 N–H and O–H groups in total. The first-order valence-electron chi connectivity index (χ1n) is 8.70. The lowest BCUT2D eigenvalue weighted by atomic mass is 10.1. The van der Waals surface area contributed by atoms with Crippen molar-refractivity contribution in [2.24, 2.45) is 0 Å². The van der Waals surface area contributed by atoms with Gasteiger partial charge in [0, 0.05) is 6.54 Å². The zero-order chi connectivity index (χ0) is 18.5. The number of nitrogens with zero attached hydrogens (tertiary/aromatic N) is 1. The summed E-state index contributed by atoms with van der Waals surface area (Å²) in [5, 5.41) is 3.46. The highest BCUT2D eigenvalue weighted by Crippen LogP contribution is 2.18. The van der Waals surface area contributed by atoms with Crippen molar-refractivity contribution >= 4 is 29.3 Å². The molecule has 4 nitrogen and oxygen atoms in total. The molecule has 5 heteroatoms. The Morgan fingerprint density at radius 2 is 1.96 bits per heavy atom. The van der Waals surface area contributed by atoms with Gasteiger partial charge in [-0.05, 0) is 54.9 Å². The fraction of sp³-hybridized carbons (Fsp3) is 0.238. The minimum Gasteiger partial charge on any atom is -0.489 e. The van der Waals surface area contributed by atoms with E-state index in [0.717, 1.165) is 23.3 Å². The minimum absolute atomic E-state index is 0.0726. The standard InChI is InChI=1S/C21H22N2O2S/c1-3-11-23-20(24)19(22-21(23)26)13-16-7-9-18(10-8-16)25-14-17-6-4-5-15(2)12-17/h4-10,12-13H,3,11,14H2,1-2H3,(H,22,26)/b19-13-. The van der Waals surface area contributed by atoms with Gasteiger partial charge in [-0.2, -0.15) is 0 Å². The molecule has 2 aromatic rings. The van der Waals surface area contributed by atoms with Gasteiger partial charge >= 0.3 is 0 Å². The smallest absolute Gasteiger partial charge is 0.276 e. The van der Waals surface area contributed by atoms with Crippen LogP contribution in [0.25, 0.3) is 6.08 Å². The van der Waals surface area contributed by atoms with Crippen LogP contribution in [0.15, 0.2) is 54.2 Å². The molecule has 1 fully saturated rings. The Hall–Kier alpha value is -2.66. The van der Waals surface area contributed by atoms with E-state index in [0.29, 0.717) is 24.0 Å². The molecule has 0 aromatic heterocycles. The molecular formula is C21H22N2O2S. The van der Waals surface area contributed by atoms with Crippen LogP contribution in [0, 0.1) is 6.92 Å². The van der Waals surface area contributed by atoms with Crippen LogP contribution in [0.1, 0.15) is 30.0 Å². The normalized spacial score (nSPS) is 15.5. The van der Waals surface area contributed by atoms with E-state index >= 15 is 0 Å². The van der Waals surface area contributed by atoms with E-state index in [1.165, 1.54) is 5.56 Å². The highest BCUT2D eigenvalue weighted by Gasteiger charge is 2.29. The summed E-state index contributed by atoms with van der Waals surface area (Å²) >= 11 is 5.22. The molecule has 1 amide bonds. The first-order valence-corrected chi connectivity index (χ1v) is 9.10. The van der Waals surface area contributed by atoms with Crippen LogP contribution in [0.2, 0.25) is 0 Å². The number of benzene rings is 2. The van der Waals surface area contributed by atoms with Crippen molar-refractivity contribution < 1.29 is 9.53 Å². The highest BCUT2D eigenvalue weighted by molar-refractivity contribution is 7.80. The molecule has 0 spiro atoms. The quantitative estimate of drug-likeness (QED) is 0.619. The van der Waals surface area contributed by atoms with Crippen molar-refractivity contribution in [3.63, 3.8) is 0 Å². The zero-order valence-electron chi connectivity index (χ0n) is 15.0. The van der Waals surface area contributed by atoms with E-state index in [4.69, 9.17) is 17.0 Å². The molecular weight excluding hydrogens is 344 g/mol. The second-order valence-electron chi connectivity index (χ2n) is 6.29. The van der Waals surface area contributed by atoms with Crippen molar-refractivity contribution in [1.82, 2.24) is 10.2 Å². The maximum absolute atomic E-state index is 12.3. The van der Waals surface area contributed by atoms with Gasteiger partial charge in [0.25, 0.3) is 5.91 Å². The van der Waals surface area contributed by atoms with Crippen LogP contribution < -0.4 is 10.1 Å². The first-order chi connectivity index (χ1) is 12.6. The number of nitrogens with one attached hydrogen (secondary N) is 1. The summed E-state index contributed by atoms with van der Waals surface area (Å²) in [6.45, 7) is 5.25. The van der Waals surface area contributed by atoms with E-state index in [1.807, 2.05) is 49.4 Å². The Morgan fingerprint density at radius 1 is 1.19 bits per heavy atom. The molecule has 2 aromatic carbocycles. The number of hydrogen-bond acceptors (Lipinski definition) is 3. The predicted molar refractivity (Wildman–Crippen MR) is 108 cm³/mol. The number of rotatable bonds is 6. The topological polar surface area (TPSA) is 41.6 Å². The minimum atomic E-state index is -0.0726. The van der Waals surface area contributed by atoms with Crippen molar-refractivity contribution in [2.45, 2.75) is 26.9 Å². The summed E-state index contributed by atoms with van der Waals surface area (Å²) < 4.78 is 5.83. The van der Waals surface area contributed by atoms with Gasteiger partial charge < -0.3 is 10.1 Å². The predicted octanol–water partition coefficient (Wildman–Crippen LogP) is 4.04. The summed E-state index contributed by atoms with van der Waals surface area (Å²) in [6, 6.07) is 15.9. The van der Waals surface area contributed by atoms with Gasteiger partial charge in [-0.1, -0.05) is 48.9 Å². The fourth-order valence-electron chi connectivity index (χ4n) is 2.79. The molecule has 0 bridgehead atoms. The Bertz CT molecular complexity index is 843. The molecule has 1 aliphatic heterocycles. The van der Waals surface area contributed by atoms with Gasteiger partial charge in [-0.25, -0.2) is 0 Å². The van der Waals surface area contributed by atoms with Gasteiger partial charge in [0.2, 0.25) is 0 Å². The van der Waals surface area contributed by atoms with E-state index in [2.05, 4.69) is 24.4 Å². The van der Waals surface area contributed by atoms with Crippen LogP contribution in [0.3, 0.4) is 0 Å². The number of aryl methyl sites for hydroxylation is 1. The van der Waals surface area contributed by atoms with Crippen LogP contribution in [0.5, 0.6) is 5.75 Å². The third-order valence-electron chi connectivity index (χ3n) is 4.09. The molecule has 26 heavy (non-hydrogen) atoms. The number of hydrogen-bond donors (Lipinski definition) is 1. The van der Waals surface area contributed by atoms with Gasteiger partial charge in [0.05, 0.1) is 0 Å². The van der Waals surface area contributed by atoms with Crippen LogP contribution in [-0.4, -0.2) is 22.5 Å². The number of carbonyl (C=O) groups is 1. The fourth-order valence-corrected chi connectivity index (χ4v) is 3.08. The van der Waals surface area contributed by atoms with E-state index in [1.54, 1.807) is 4.90 Å². The van der Waals surface area contributed by atoms with Crippen molar-refractivity contribution in [1.29, 1.82) is 0 Å².